The van der Waals surface area contributed by atoms with E-state index >= 15 is 0 Å². The zero-order valence-corrected chi connectivity index (χ0v) is 7.64. The number of nitrogens with zero attached hydrogens (tertiary/aromatic N) is 2. The maximum absolute atomic E-state index is 11.2. The summed E-state index contributed by atoms with van der Waals surface area (Å²) in [6.07, 6.45) is -0.978. The normalized spacial score (nSPS) is 25.6. The minimum atomic E-state index is -1.20. The van der Waals surface area contributed by atoms with Gasteiger partial charge in [0.2, 0.25) is 0 Å². The number of esters is 1. The molecule has 1 heterocycles. The zero-order valence-electron chi connectivity index (χ0n) is 7.64. The molecule has 0 bridgehead atoms. The lowest BCUT2D eigenvalue weighted by atomic mass is 10.1. The first kappa shape index (κ1) is 10.3. The summed E-state index contributed by atoms with van der Waals surface area (Å²) in [5, 5.41) is 17.4. The molecule has 0 aromatic rings. The monoisotopic (exact) mass is 198 g/mol. The van der Waals surface area contributed by atoms with Gasteiger partial charge in [0.25, 0.3) is 0 Å². The molecule has 1 rings (SSSR count). The van der Waals surface area contributed by atoms with Gasteiger partial charge in [0, 0.05) is 6.54 Å². The second-order valence-electron chi connectivity index (χ2n) is 3.04. The average molecular weight is 198 g/mol. The van der Waals surface area contributed by atoms with Gasteiger partial charge in [-0.1, -0.05) is 0 Å². The van der Waals surface area contributed by atoms with E-state index in [9.17, 15) is 9.59 Å². The second kappa shape index (κ2) is 3.96. The predicted molar refractivity (Wildman–Crippen MR) is 44.3 cm³/mol. The van der Waals surface area contributed by atoms with E-state index in [2.05, 4.69) is 4.74 Å². The Balaban J connectivity index is 2.78. The van der Waals surface area contributed by atoms with Crippen LogP contribution in [0.25, 0.3) is 0 Å². The molecule has 1 aliphatic heterocycles. The van der Waals surface area contributed by atoms with Crippen molar-refractivity contribution in [2.75, 3.05) is 13.7 Å². The molecule has 0 spiro atoms. The van der Waals surface area contributed by atoms with E-state index in [1.54, 1.807) is 0 Å². The fraction of sp³-hybridized carbons (Fsp3) is 0.625. The molecule has 76 valence electrons. The molecular formula is C8H10N2O4. The van der Waals surface area contributed by atoms with Crippen molar-refractivity contribution in [1.82, 2.24) is 4.90 Å². The number of carbonyl (C=O) groups excluding carboxylic acids is 1. The van der Waals surface area contributed by atoms with Crippen molar-refractivity contribution in [3.63, 3.8) is 0 Å². The van der Waals surface area contributed by atoms with Gasteiger partial charge < -0.3 is 9.84 Å². The van der Waals surface area contributed by atoms with Crippen LogP contribution in [0.15, 0.2) is 0 Å². The van der Waals surface area contributed by atoms with Crippen LogP contribution in [0.1, 0.15) is 6.42 Å². The Morgan fingerprint density at radius 1 is 1.64 bits per heavy atom. The Labute approximate surface area is 80.7 Å². The molecule has 0 aliphatic carbocycles. The van der Waals surface area contributed by atoms with Crippen LogP contribution >= 0.6 is 0 Å². The van der Waals surface area contributed by atoms with E-state index in [1.807, 2.05) is 6.07 Å². The van der Waals surface area contributed by atoms with Gasteiger partial charge in [-0.3, -0.25) is 4.90 Å². The highest BCUT2D eigenvalue weighted by Crippen LogP contribution is 2.23. The first-order valence-electron chi connectivity index (χ1n) is 4.07. The van der Waals surface area contributed by atoms with E-state index in [4.69, 9.17) is 10.4 Å². The van der Waals surface area contributed by atoms with Crippen molar-refractivity contribution >= 4 is 12.1 Å². The molecule has 6 nitrogen and oxygen atoms in total. The first-order valence-corrected chi connectivity index (χ1v) is 4.07. The Morgan fingerprint density at radius 3 is 2.71 bits per heavy atom. The summed E-state index contributed by atoms with van der Waals surface area (Å²) in [5.41, 5.74) is 0. The Bertz CT molecular complexity index is 296. The largest absolute Gasteiger partial charge is 0.467 e. The number of amides is 1. The average Bonchev–Trinajstić information content (AvgIpc) is 2.60. The van der Waals surface area contributed by atoms with Crippen LogP contribution in [0.2, 0.25) is 0 Å². The maximum atomic E-state index is 11.2. The molecule has 1 aliphatic rings. The standard InChI is InChI=1S/C8H10N2O4/c1-14-7(11)6-2-5(3-9)4-10(6)8(12)13/h5-6H,2,4H2,1H3,(H,12,13). The molecule has 1 N–H and O–H groups in total. The van der Waals surface area contributed by atoms with Crippen molar-refractivity contribution in [2.24, 2.45) is 5.92 Å². The lowest BCUT2D eigenvalue weighted by molar-refractivity contribution is -0.145. The van der Waals surface area contributed by atoms with Crippen LogP contribution in [0.4, 0.5) is 4.79 Å². The van der Waals surface area contributed by atoms with Gasteiger partial charge >= 0.3 is 12.1 Å². The fourth-order valence-electron chi connectivity index (χ4n) is 1.50. The Morgan fingerprint density at radius 2 is 2.29 bits per heavy atom. The maximum Gasteiger partial charge on any atom is 0.408 e. The molecule has 6 heteroatoms. The molecule has 0 aromatic carbocycles. The molecule has 0 radical (unpaired) electrons. The van der Waals surface area contributed by atoms with Crippen molar-refractivity contribution in [3.05, 3.63) is 0 Å². The summed E-state index contributed by atoms with van der Waals surface area (Å²) in [5.74, 6) is -1.03. The van der Waals surface area contributed by atoms with Gasteiger partial charge in [0.05, 0.1) is 19.1 Å². The number of rotatable bonds is 1. The summed E-state index contributed by atoms with van der Waals surface area (Å²) >= 11 is 0. The minimum absolute atomic E-state index is 0.0750. The lowest BCUT2D eigenvalue weighted by Crippen LogP contribution is -2.40. The van der Waals surface area contributed by atoms with Crippen molar-refractivity contribution < 1.29 is 19.4 Å². The third-order valence-corrected chi connectivity index (χ3v) is 2.20. The summed E-state index contributed by atoms with van der Waals surface area (Å²) in [6.45, 7) is 0.0750. The number of nitriles is 1. The topological polar surface area (TPSA) is 90.6 Å². The number of carbonyl (C=O) groups is 2. The van der Waals surface area contributed by atoms with Crippen molar-refractivity contribution in [3.8, 4) is 6.07 Å². The van der Waals surface area contributed by atoms with Gasteiger partial charge in [0.15, 0.2) is 0 Å². The fourth-order valence-corrected chi connectivity index (χ4v) is 1.50. The van der Waals surface area contributed by atoms with Crippen LogP contribution in [0.5, 0.6) is 0 Å². The second-order valence-corrected chi connectivity index (χ2v) is 3.04. The molecule has 1 saturated heterocycles. The van der Waals surface area contributed by atoms with Gasteiger partial charge in [-0.15, -0.1) is 0 Å². The molecule has 14 heavy (non-hydrogen) atoms. The molecule has 0 saturated carbocycles. The summed E-state index contributed by atoms with van der Waals surface area (Å²) in [6, 6.07) is 1.11. The van der Waals surface area contributed by atoms with Crippen LogP contribution in [0, 0.1) is 17.2 Å². The SMILES string of the molecule is COC(=O)C1CC(C#N)CN1C(=O)O. The van der Waals surface area contributed by atoms with Crippen LogP contribution in [-0.4, -0.2) is 41.8 Å². The number of hydrogen-bond donors (Lipinski definition) is 1. The quantitative estimate of drug-likeness (QED) is 0.601. The highest BCUT2D eigenvalue weighted by atomic mass is 16.5. The van der Waals surface area contributed by atoms with Crippen LogP contribution in [-0.2, 0) is 9.53 Å². The highest BCUT2D eigenvalue weighted by molar-refractivity contribution is 5.81. The van der Waals surface area contributed by atoms with Gasteiger partial charge in [-0.2, -0.15) is 5.26 Å². The molecule has 2 unspecified atom stereocenters. The lowest BCUT2D eigenvalue weighted by Gasteiger charge is -2.18. The molecule has 2 atom stereocenters. The third-order valence-electron chi connectivity index (χ3n) is 2.20. The third kappa shape index (κ3) is 1.76. The number of methoxy groups -OCH3 is 1. The number of hydrogen-bond acceptors (Lipinski definition) is 4. The summed E-state index contributed by atoms with van der Waals surface area (Å²) in [7, 11) is 1.20. The van der Waals surface area contributed by atoms with E-state index < -0.39 is 24.0 Å². The van der Waals surface area contributed by atoms with Gasteiger partial charge in [0.1, 0.15) is 6.04 Å². The van der Waals surface area contributed by atoms with E-state index in [-0.39, 0.29) is 13.0 Å². The van der Waals surface area contributed by atoms with Crippen molar-refractivity contribution in [1.29, 1.82) is 5.26 Å². The summed E-state index contributed by atoms with van der Waals surface area (Å²) in [4.78, 5) is 22.8. The van der Waals surface area contributed by atoms with Crippen LogP contribution in [0.3, 0.4) is 0 Å². The van der Waals surface area contributed by atoms with Gasteiger partial charge in [-0.05, 0) is 6.42 Å². The summed E-state index contributed by atoms with van der Waals surface area (Å²) < 4.78 is 4.45. The van der Waals surface area contributed by atoms with Gasteiger partial charge in [-0.25, -0.2) is 9.59 Å². The Kier molecular flexibility index (Phi) is 2.92. The zero-order chi connectivity index (χ0) is 10.7. The van der Waals surface area contributed by atoms with Crippen LogP contribution < -0.4 is 0 Å². The number of ether oxygens (including phenoxy) is 1. The first-order chi connectivity index (χ1) is 6.60. The number of carboxylic acid groups (broad SMARTS) is 1. The minimum Gasteiger partial charge on any atom is -0.467 e. The van der Waals surface area contributed by atoms with E-state index in [0.29, 0.717) is 0 Å². The molecule has 1 fully saturated rings. The highest BCUT2D eigenvalue weighted by Gasteiger charge is 2.40. The Hall–Kier alpha value is -1.77. The van der Waals surface area contributed by atoms with E-state index in [1.165, 1.54) is 7.11 Å². The predicted octanol–water partition coefficient (Wildman–Crippen LogP) is 0.0515. The molecular weight excluding hydrogens is 188 g/mol. The van der Waals surface area contributed by atoms with Crippen molar-refractivity contribution in [2.45, 2.75) is 12.5 Å². The smallest absolute Gasteiger partial charge is 0.408 e. The van der Waals surface area contributed by atoms with E-state index in [0.717, 1.165) is 4.90 Å². The molecule has 0 aromatic heterocycles. The molecule has 1 amide bonds. The number of likely N-dealkylation sites (tertiary alicyclic amines) is 1.